The van der Waals surface area contributed by atoms with Gasteiger partial charge in [-0.25, -0.2) is 0 Å². The number of morpholine rings is 1. The van der Waals surface area contributed by atoms with E-state index in [4.69, 9.17) is 9.84 Å². The number of carboxylic acids is 1. The van der Waals surface area contributed by atoms with Gasteiger partial charge in [0.15, 0.2) is 0 Å². The highest BCUT2D eigenvalue weighted by molar-refractivity contribution is 5.66. The summed E-state index contributed by atoms with van der Waals surface area (Å²) in [7, 11) is 0. The van der Waals surface area contributed by atoms with Crippen molar-refractivity contribution >= 4 is 5.97 Å². The number of rotatable bonds is 4. The topological polar surface area (TPSA) is 49.8 Å². The fraction of sp³-hybridized carbons (Fsp3) is 0.500. The number of ether oxygens (including phenoxy) is 1. The predicted molar refractivity (Wildman–Crippen MR) is 68.8 cm³/mol. The maximum Gasteiger partial charge on any atom is 0.416 e. The SMILES string of the molecule is O=C(O)CCN1CCO[C@H](c2cccc(C(F)(F)F)c2)C1. The summed E-state index contributed by atoms with van der Waals surface area (Å²) in [5.41, 5.74) is -0.240. The van der Waals surface area contributed by atoms with Gasteiger partial charge in [-0.15, -0.1) is 0 Å². The molecule has 1 heterocycles. The van der Waals surface area contributed by atoms with Crippen molar-refractivity contribution in [1.82, 2.24) is 4.90 Å². The molecule has 0 radical (unpaired) electrons. The summed E-state index contributed by atoms with van der Waals surface area (Å²) in [6, 6.07) is 5.07. The molecule has 0 aromatic heterocycles. The highest BCUT2D eigenvalue weighted by Crippen LogP contribution is 2.32. The van der Waals surface area contributed by atoms with Crippen LogP contribution < -0.4 is 0 Å². The maximum absolute atomic E-state index is 12.7. The molecule has 21 heavy (non-hydrogen) atoms. The van der Waals surface area contributed by atoms with Crippen LogP contribution in [0.5, 0.6) is 0 Å². The lowest BCUT2D eigenvalue weighted by Crippen LogP contribution is -2.39. The van der Waals surface area contributed by atoms with Crippen molar-refractivity contribution in [3.63, 3.8) is 0 Å². The summed E-state index contributed by atoms with van der Waals surface area (Å²) in [5.74, 6) is -0.892. The van der Waals surface area contributed by atoms with Crippen molar-refractivity contribution in [2.45, 2.75) is 18.7 Å². The molecule has 1 aromatic carbocycles. The van der Waals surface area contributed by atoms with Crippen LogP contribution >= 0.6 is 0 Å². The Morgan fingerprint density at radius 1 is 1.43 bits per heavy atom. The minimum atomic E-state index is -4.38. The van der Waals surface area contributed by atoms with E-state index >= 15 is 0 Å². The first kappa shape index (κ1) is 15.8. The Labute approximate surface area is 120 Å². The molecule has 0 aliphatic carbocycles. The van der Waals surface area contributed by atoms with Gasteiger partial charge >= 0.3 is 12.1 Å². The van der Waals surface area contributed by atoms with E-state index in [1.165, 1.54) is 6.07 Å². The second-order valence-corrected chi connectivity index (χ2v) is 4.93. The van der Waals surface area contributed by atoms with Crippen LogP contribution in [0.15, 0.2) is 24.3 Å². The Hall–Kier alpha value is -1.60. The first-order valence-corrected chi connectivity index (χ1v) is 6.59. The number of nitrogens with zero attached hydrogens (tertiary/aromatic N) is 1. The Balaban J connectivity index is 2.05. The van der Waals surface area contributed by atoms with E-state index in [1.54, 1.807) is 6.07 Å². The maximum atomic E-state index is 12.7. The van der Waals surface area contributed by atoms with Gasteiger partial charge in [0, 0.05) is 19.6 Å². The number of benzene rings is 1. The van der Waals surface area contributed by atoms with Gasteiger partial charge in [0.05, 0.1) is 24.7 Å². The van der Waals surface area contributed by atoms with E-state index in [-0.39, 0.29) is 6.42 Å². The number of hydrogen-bond acceptors (Lipinski definition) is 3. The number of hydrogen-bond donors (Lipinski definition) is 1. The highest BCUT2D eigenvalue weighted by atomic mass is 19.4. The summed E-state index contributed by atoms with van der Waals surface area (Å²) < 4.78 is 43.6. The van der Waals surface area contributed by atoms with Crippen LogP contribution in [0.25, 0.3) is 0 Å². The van der Waals surface area contributed by atoms with Crippen molar-refractivity contribution in [3.05, 3.63) is 35.4 Å². The van der Waals surface area contributed by atoms with E-state index in [0.717, 1.165) is 12.1 Å². The number of alkyl halides is 3. The van der Waals surface area contributed by atoms with Gasteiger partial charge in [-0.05, 0) is 17.7 Å². The lowest BCUT2D eigenvalue weighted by atomic mass is 10.0. The third kappa shape index (κ3) is 4.44. The van der Waals surface area contributed by atoms with Crippen molar-refractivity contribution < 1.29 is 27.8 Å². The molecular weight excluding hydrogens is 287 g/mol. The molecule has 7 heteroatoms. The Kier molecular flexibility index (Phi) is 4.84. The molecule has 1 fully saturated rings. The van der Waals surface area contributed by atoms with E-state index < -0.39 is 23.8 Å². The number of aliphatic carboxylic acids is 1. The number of carbonyl (C=O) groups is 1. The van der Waals surface area contributed by atoms with Gasteiger partial charge in [-0.1, -0.05) is 12.1 Å². The zero-order valence-corrected chi connectivity index (χ0v) is 11.3. The second kappa shape index (κ2) is 6.44. The van der Waals surface area contributed by atoms with Crippen LogP contribution in [-0.2, 0) is 15.7 Å². The monoisotopic (exact) mass is 303 g/mol. The summed E-state index contributed by atoms with van der Waals surface area (Å²) in [5, 5.41) is 8.67. The fourth-order valence-corrected chi connectivity index (χ4v) is 2.28. The zero-order chi connectivity index (χ0) is 15.5. The quantitative estimate of drug-likeness (QED) is 0.929. The van der Waals surface area contributed by atoms with Gasteiger partial charge in [-0.3, -0.25) is 9.69 Å². The van der Waals surface area contributed by atoms with Crippen molar-refractivity contribution in [1.29, 1.82) is 0 Å². The molecule has 116 valence electrons. The Morgan fingerprint density at radius 3 is 2.86 bits per heavy atom. The molecule has 1 aliphatic rings. The minimum Gasteiger partial charge on any atom is -0.481 e. The molecular formula is C14H16F3NO3. The van der Waals surface area contributed by atoms with E-state index in [1.807, 2.05) is 4.90 Å². The first-order chi connectivity index (χ1) is 9.86. The Morgan fingerprint density at radius 2 is 2.19 bits per heavy atom. The molecule has 1 aliphatic heterocycles. The zero-order valence-electron chi connectivity index (χ0n) is 11.3. The van der Waals surface area contributed by atoms with Gasteiger partial charge < -0.3 is 9.84 Å². The van der Waals surface area contributed by atoms with Crippen LogP contribution in [0.2, 0.25) is 0 Å². The third-order valence-electron chi connectivity index (χ3n) is 3.38. The second-order valence-electron chi connectivity index (χ2n) is 4.93. The first-order valence-electron chi connectivity index (χ1n) is 6.59. The highest BCUT2D eigenvalue weighted by Gasteiger charge is 2.31. The lowest BCUT2D eigenvalue weighted by molar-refractivity contribution is -0.139. The van der Waals surface area contributed by atoms with E-state index in [0.29, 0.717) is 31.8 Å². The van der Waals surface area contributed by atoms with Crippen LogP contribution in [0.3, 0.4) is 0 Å². The molecule has 0 saturated carbocycles. The molecule has 2 rings (SSSR count). The molecule has 0 unspecified atom stereocenters. The fourth-order valence-electron chi connectivity index (χ4n) is 2.28. The largest absolute Gasteiger partial charge is 0.481 e. The minimum absolute atomic E-state index is 0.00924. The summed E-state index contributed by atoms with van der Waals surface area (Å²) in [4.78, 5) is 12.5. The smallest absolute Gasteiger partial charge is 0.416 e. The molecule has 1 atom stereocenters. The molecule has 0 amide bonds. The summed E-state index contributed by atoms with van der Waals surface area (Å²) >= 11 is 0. The number of carboxylic acid groups (broad SMARTS) is 1. The third-order valence-corrected chi connectivity index (χ3v) is 3.38. The summed E-state index contributed by atoms with van der Waals surface area (Å²) in [6.45, 7) is 1.73. The lowest BCUT2D eigenvalue weighted by Gasteiger charge is -2.33. The van der Waals surface area contributed by atoms with Crippen molar-refractivity contribution in [3.8, 4) is 0 Å². The average Bonchev–Trinajstić information content (AvgIpc) is 2.45. The molecule has 4 nitrogen and oxygen atoms in total. The van der Waals surface area contributed by atoms with Crippen LogP contribution in [0.4, 0.5) is 13.2 Å². The molecule has 0 bridgehead atoms. The van der Waals surface area contributed by atoms with Crippen molar-refractivity contribution in [2.75, 3.05) is 26.2 Å². The Bertz CT molecular complexity index is 504. The van der Waals surface area contributed by atoms with Crippen molar-refractivity contribution in [2.24, 2.45) is 0 Å². The molecule has 1 saturated heterocycles. The molecule has 1 N–H and O–H groups in total. The predicted octanol–water partition coefficient (Wildman–Crippen LogP) is 2.55. The number of halogens is 3. The van der Waals surface area contributed by atoms with Gasteiger partial charge in [-0.2, -0.15) is 13.2 Å². The standard InChI is InChI=1S/C14H16F3NO3/c15-14(16,17)11-3-1-2-10(8-11)12-9-18(6-7-21-12)5-4-13(19)20/h1-3,8,12H,4-7,9H2,(H,19,20)/t12-/m0/s1. The van der Waals surface area contributed by atoms with E-state index in [2.05, 4.69) is 0 Å². The molecule has 1 aromatic rings. The van der Waals surface area contributed by atoms with Gasteiger partial charge in [0.2, 0.25) is 0 Å². The van der Waals surface area contributed by atoms with Crippen LogP contribution in [0, 0.1) is 0 Å². The van der Waals surface area contributed by atoms with E-state index in [9.17, 15) is 18.0 Å². The van der Waals surface area contributed by atoms with Gasteiger partial charge in [0.1, 0.15) is 0 Å². The van der Waals surface area contributed by atoms with Gasteiger partial charge in [0.25, 0.3) is 0 Å². The summed E-state index contributed by atoms with van der Waals surface area (Å²) in [6.07, 6.45) is -4.84. The van der Waals surface area contributed by atoms with Crippen LogP contribution in [-0.4, -0.2) is 42.2 Å². The normalized spacial score (nSPS) is 20.4. The average molecular weight is 303 g/mol. The van der Waals surface area contributed by atoms with Crippen LogP contribution in [0.1, 0.15) is 23.7 Å². The molecule has 0 spiro atoms.